The van der Waals surface area contributed by atoms with Gasteiger partial charge in [-0.05, 0) is 61.4 Å². The van der Waals surface area contributed by atoms with E-state index in [1.807, 2.05) is 60.7 Å². The van der Waals surface area contributed by atoms with Crippen molar-refractivity contribution in [2.45, 2.75) is 28.9 Å². The molecule has 36 heavy (non-hydrogen) atoms. The Labute approximate surface area is 227 Å². The van der Waals surface area contributed by atoms with Crippen molar-refractivity contribution < 1.29 is 14.6 Å². The van der Waals surface area contributed by atoms with Crippen molar-refractivity contribution in [3.8, 4) is 11.1 Å². The van der Waals surface area contributed by atoms with Crippen molar-refractivity contribution in [1.82, 2.24) is 5.32 Å². The van der Waals surface area contributed by atoms with Crippen molar-refractivity contribution in [2.24, 2.45) is 0 Å². The number of alkyl carbamates (subject to hydrolysis) is 1. The van der Waals surface area contributed by atoms with Crippen LogP contribution >= 0.6 is 39.3 Å². The molecule has 0 atom stereocenters. The van der Waals surface area contributed by atoms with Crippen molar-refractivity contribution >= 4 is 45.4 Å². The van der Waals surface area contributed by atoms with Gasteiger partial charge in [-0.1, -0.05) is 96.2 Å². The maximum Gasteiger partial charge on any atom is 0.407 e. The molecule has 0 fully saturated rings. The van der Waals surface area contributed by atoms with Gasteiger partial charge >= 0.3 is 6.09 Å². The van der Waals surface area contributed by atoms with Crippen LogP contribution in [-0.2, 0) is 17.9 Å². The van der Waals surface area contributed by atoms with Gasteiger partial charge in [0.15, 0.2) is 0 Å². The minimum absolute atomic E-state index is 0.00590. The smallest absolute Gasteiger partial charge is 0.407 e. The number of amides is 1. The second-order valence-electron chi connectivity index (χ2n) is 8.40. The van der Waals surface area contributed by atoms with Crippen LogP contribution in [0.15, 0.2) is 99.2 Å². The summed E-state index contributed by atoms with van der Waals surface area (Å²) in [7, 11) is 0. The van der Waals surface area contributed by atoms with Gasteiger partial charge in [0.05, 0.1) is 11.6 Å². The van der Waals surface area contributed by atoms with E-state index in [9.17, 15) is 9.90 Å². The lowest BCUT2D eigenvalue weighted by atomic mass is 9.98. The van der Waals surface area contributed by atoms with Crippen LogP contribution in [0.25, 0.3) is 11.1 Å². The van der Waals surface area contributed by atoms with Crippen LogP contribution in [-0.4, -0.2) is 17.8 Å². The Balaban J connectivity index is 1.28. The lowest BCUT2D eigenvalue weighted by Crippen LogP contribution is -2.26. The minimum atomic E-state index is -0.484. The summed E-state index contributed by atoms with van der Waals surface area (Å²) in [6, 6.07) is 27.9. The Morgan fingerprint density at radius 2 is 1.56 bits per heavy atom. The Morgan fingerprint density at radius 1 is 0.917 bits per heavy atom. The van der Waals surface area contributed by atoms with Gasteiger partial charge in [-0.25, -0.2) is 4.79 Å². The standard InChI is InChI=1S/C29H23BrClNO3S/c30-25-14-13-18(28(27(25)31)36-26-12-6-1-7-19(26)16-33)15-32-29(34)35-17-24-22-10-4-2-8-20(22)21-9-3-5-11-23(21)24/h1-14,24,33H,15-17H2,(H,32,34). The molecule has 4 nitrogen and oxygen atoms in total. The summed E-state index contributed by atoms with van der Waals surface area (Å²) in [6.45, 7) is 0.446. The monoisotopic (exact) mass is 579 g/mol. The van der Waals surface area contributed by atoms with E-state index in [2.05, 4.69) is 45.5 Å². The maximum atomic E-state index is 12.7. The highest BCUT2D eigenvalue weighted by atomic mass is 79.9. The van der Waals surface area contributed by atoms with E-state index in [1.165, 1.54) is 34.0 Å². The second kappa shape index (κ2) is 11.1. The average Bonchev–Trinajstić information content (AvgIpc) is 3.23. The van der Waals surface area contributed by atoms with Gasteiger partial charge in [0.1, 0.15) is 6.61 Å². The van der Waals surface area contributed by atoms with Gasteiger partial charge < -0.3 is 15.2 Å². The van der Waals surface area contributed by atoms with Gasteiger partial charge in [0.2, 0.25) is 0 Å². The maximum absolute atomic E-state index is 12.7. The lowest BCUT2D eigenvalue weighted by Gasteiger charge is -2.16. The van der Waals surface area contributed by atoms with Crippen LogP contribution in [0, 0.1) is 0 Å². The van der Waals surface area contributed by atoms with Crippen LogP contribution in [0.5, 0.6) is 0 Å². The Hall–Kier alpha value is -2.77. The molecule has 0 unspecified atom stereocenters. The average molecular weight is 581 g/mol. The van der Waals surface area contributed by atoms with E-state index in [0.717, 1.165) is 25.4 Å². The highest BCUT2D eigenvalue weighted by molar-refractivity contribution is 9.10. The largest absolute Gasteiger partial charge is 0.449 e. The zero-order chi connectivity index (χ0) is 25.1. The van der Waals surface area contributed by atoms with Crippen LogP contribution in [0.2, 0.25) is 5.02 Å². The fraction of sp³-hybridized carbons (Fsp3) is 0.138. The number of hydrogen-bond donors (Lipinski definition) is 2. The number of nitrogens with one attached hydrogen (secondary N) is 1. The molecule has 1 aliphatic rings. The molecule has 5 rings (SSSR count). The van der Waals surface area contributed by atoms with Crippen molar-refractivity contribution in [3.05, 3.63) is 117 Å². The predicted molar refractivity (Wildman–Crippen MR) is 148 cm³/mol. The van der Waals surface area contributed by atoms with Crippen LogP contribution in [0.4, 0.5) is 4.79 Å². The number of aliphatic hydroxyl groups excluding tert-OH is 1. The second-order valence-corrected chi connectivity index (χ2v) is 10.7. The molecular weight excluding hydrogens is 558 g/mol. The first-order valence-electron chi connectivity index (χ1n) is 11.5. The van der Waals surface area contributed by atoms with Gasteiger partial charge in [-0.15, -0.1) is 0 Å². The Morgan fingerprint density at radius 3 is 2.25 bits per heavy atom. The molecule has 1 aliphatic carbocycles. The predicted octanol–water partition coefficient (Wildman–Crippen LogP) is 7.78. The number of carbonyl (C=O) groups is 1. The first-order valence-corrected chi connectivity index (χ1v) is 13.5. The Kier molecular flexibility index (Phi) is 7.67. The summed E-state index contributed by atoms with van der Waals surface area (Å²) >= 11 is 11.6. The van der Waals surface area contributed by atoms with E-state index in [1.54, 1.807) is 0 Å². The number of halogens is 2. The van der Waals surface area contributed by atoms with E-state index >= 15 is 0 Å². The minimum Gasteiger partial charge on any atom is -0.449 e. The molecule has 0 spiro atoms. The lowest BCUT2D eigenvalue weighted by molar-refractivity contribution is 0.142. The molecule has 0 radical (unpaired) electrons. The molecule has 4 aromatic carbocycles. The SMILES string of the molecule is O=C(NCc1ccc(Br)c(Cl)c1Sc1ccccc1CO)OCC1c2ccccc2-c2ccccc21. The normalized spacial score (nSPS) is 12.2. The molecule has 0 aromatic heterocycles. The van der Waals surface area contributed by atoms with E-state index < -0.39 is 6.09 Å². The molecule has 0 bridgehead atoms. The summed E-state index contributed by atoms with van der Waals surface area (Å²) in [4.78, 5) is 14.4. The van der Waals surface area contributed by atoms with Gasteiger partial charge in [0, 0.05) is 26.7 Å². The molecule has 1 amide bonds. The number of hydrogen-bond acceptors (Lipinski definition) is 4. The summed E-state index contributed by atoms with van der Waals surface area (Å²) in [5.41, 5.74) is 6.40. The van der Waals surface area contributed by atoms with Gasteiger partial charge in [-0.2, -0.15) is 0 Å². The molecule has 0 aliphatic heterocycles. The molecule has 182 valence electrons. The van der Waals surface area contributed by atoms with Crippen LogP contribution in [0.3, 0.4) is 0 Å². The zero-order valence-electron chi connectivity index (χ0n) is 19.2. The summed E-state index contributed by atoms with van der Waals surface area (Å²) in [5.74, 6) is 0.00590. The number of fused-ring (bicyclic) bond motifs is 3. The fourth-order valence-electron chi connectivity index (χ4n) is 4.48. The topological polar surface area (TPSA) is 58.6 Å². The molecule has 0 saturated heterocycles. The number of rotatable bonds is 7. The molecule has 0 saturated carbocycles. The highest BCUT2D eigenvalue weighted by Crippen LogP contribution is 2.44. The first-order chi connectivity index (χ1) is 17.6. The van der Waals surface area contributed by atoms with E-state index in [0.29, 0.717) is 5.02 Å². The number of benzene rings is 4. The third-order valence-corrected chi connectivity index (χ3v) is 8.94. The summed E-state index contributed by atoms with van der Waals surface area (Å²) < 4.78 is 6.44. The highest BCUT2D eigenvalue weighted by Gasteiger charge is 2.29. The summed E-state index contributed by atoms with van der Waals surface area (Å²) in [6.07, 6.45) is -0.484. The molecular formula is C29H23BrClNO3S. The summed E-state index contributed by atoms with van der Waals surface area (Å²) in [5, 5.41) is 13.1. The van der Waals surface area contributed by atoms with Crippen molar-refractivity contribution in [1.29, 1.82) is 0 Å². The molecule has 4 aromatic rings. The van der Waals surface area contributed by atoms with Crippen molar-refractivity contribution in [2.75, 3.05) is 6.61 Å². The van der Waals surface area contributed by atoms with Crippen LogP contribution < -0.4 is 5.32 Å². The molecule has 7 heteroatoms. The third kappa shape index (κ3) is 5.04. The van der Waals surface area contributed by atoms with Gasteiger partial charge in [0.25, 0.3) is 0 Å². The third-order valence-electron chi connectivity index (χ3n) is 6.25. The number of ether oxygens (including phenoxy) is 1. The fourth-order valence-corrected chi connectivity index (χ4v) is 6.35. The number of carbonyl (C=O) groups excluding carboxylic acids is 1. The van der Waals surface area contributed by atoms with Crippen molar-refractivity contribution in [3.63, 3.8) is 0 Å². The van der Waals surface area contributed by atoms with E-state index in [4.69, 9.17) is 16.3 Å². The molecule has 2 N–H and O–H groups in total. The number of aliphatic hydroxyl groups is 1. The van der Waals surface area contributed by atoms with Crippen LogP contribution in [0.1, 0.15) is 28.2 Å². The zero-order valence-corrected chi connectivity index (χ0v) is 22.4. The Bertz CT molecular complexity index is 1380. The molecule has 0 heterocycles. The quantitative estimate of drug-likeness (QED) is 0.234. The van der Waals surface area contributed by atoms with E-state index in [-0.39, 0.29) is 25.7 Å². The first kappa shape index (κ1) is 24.9. The van der Waals surface area contributed by atoms with Gasteiger partial charge in [-0.3, -0.25) is 0 Å².